The van der Waals surface area contributed by atoms with Gasteiger partial charge in [-0.05, 0) is 0 Å². The third kappa shape index (κ3) is 5.58. The van der Waals surface area contributed by atoms with Gasteiger partial charge in [0.1, 0.15) is 0 Å². The molecule has 0 aromatic heterocycles. The number of hydrogen-bond donors (Lipinski definition) is 1. The van der Waals surface area contributed by atoms with Crippen molar-refractivity contribution in [2.75, 3.05) is 0 Å². The van der Waals surface area contributed by atoms with E-state index in [1.807, 2.05) is 0 Å². The fraction of sp³-hybridized carbons (Fsp3) is 1.00. The van der Waals surface area contributed by atoms with Gasteiger partial charge in [0.2, 0.25) is 0 Å². The van der Waals surface area contributed by atoms with Crippen LogP contribution in [0.3, 0.4) is 0 Å². The van der Waals surface area contributed by atoms with Crippen molar-refractivity contribution in [1.82, 2.24) is 0 Å². The van der Waals surface area contributed by atoms with Gasteiger partial charge in [-0.3, -0.25) is 0 Å². The Morgan fingerprint density at radius 3 is 0.377 bits per heavy atom. The van der Waals surface area contributed by atoms with Gasteiger partial charge in [0, 0.05) is 0 Å². The second kappa shape index (κ2) is 11.8. The van der Waals surface area contributed by atoms with Crippen LogP contribution in [0.25, 0.3) is 0 Å². The largest absolute Gasteiger partial charge is 0.460 e. The summed E-state index contributed by atoms with van der Waals surface area (Å²) < 4.78 is 463. The van der Waals surface area contributed by atoms with Gasteiger partial charge in [-0.15, -0.1) is 0 Å². The molecule has 0 amide bonds. The summed E-state index contributed by atoms with van der Waals surface area (Å²) in [6, 6.07) is 0. The van der Waals surface area contributed by atoms with Gasteiger partial charge < -0.3 is 5.11 Å². The molecule has 0 aromatic carbocycles. The van der Waals surface area contributed by atoms with Crippen molar-refractivity contribution >= 4 is 0 Å². The number of alkyl halides is 35. The SMILES string of the molecule is OC(F)(C(F)(F)C(F)(F)C(F)(F)C(F)(F)F)C(F)(F)C(F)(F)C(F)(F)C(F)(F)C(F)(F)C(F)(F)C(F)(F)C(F)(F)C(F)(F)C(F)(F)C(F)(F)C(F)(F)F. The maximum atomic E-state index is 13.8. The predicted molar refractivity (Wildman–Crippen MR) is 87.4 cm³/mol. The average molecular weight is 886 g/mol. The minimum atomic E-state index is -10.3. The summed E-state index contributed by atoms with van der Waals surface area (Å²) in [6.45, 7) is 0. The third-order valence-corrected chi connectivity index (χ3v) is 6.28. The molecule has 0 radical (unpaired) electrons. The topological polar surface area (TPSA) is 20.2 Å². The highest BCUT2D eigenvalue weighted by atomic mass is 19.4. The van der Waals surface area contributed by atoms with Crippen molar-refractivity contribution in [3.8, 4) is 0 Å². The molecule has 1 atom stereocenters. The van der Waals surface area contributed by atoms with Crippen LogP contribution < -0.4 is 0 Å². The van der Waals surface area contributed by atoms with Crippen LogP contribution in [-0.4, -0.2) is 106 Å². The molecule has 0 saturated carbocycles. The Labute approximate surface area is 261 Å². The molecule has 0 bridgehead atoms. The number of hydrogen-bond acceptors (Lipinski definition) is 1. The number of rotatable bonds is 14. The molecule has 53 heavy (non-hydrogen) atoms. The van der Waals surface area contributed by atoms with E-state index in [1.165, 1.54) is 0 Å². The monoisotopic (exact) mass is 886 g/mol. The molecule has 0 rings (SSSR count). The van der Waals surface area contributed by atoms with Crippen molar-refractivity contribution in [3.05, 3.63) is 0 Å². The van der Waals surface area contributed by atoms with Crippen LogP contribution in [0.4, 0.5) is 154 Å². The maximum absolute atomic E-state index is 13.8. The molecule has 0 fully saturated rings. The fourth-order valence-electron chi connectivity index (χ4n) is 2.94. The van der Waals surface area contributed by atoms with Crippen LogP contribution in [0.2, 0.25) is 0 Å². The molecule has 0 aliphatic rings. The quantitative estimate of drug-likeness (QED) is 0.172. The average Bonchev–Trinajstić information content (AvgIpc) is 2.89. The van der Waals surface area contributed by atoms with Crippen LogP contribution in [-0.2, 0) is 0 Å². The summed E-state index contributed by atoms with van der Waals surface area (Å²) in [4.78, 5) is 0. The van der Waals surface area contributed by atoms with E-state index in [0.29, 0.717) is 0 Å². The maximum Gasteiger partial charge on any atom is 0.460 e. The Balaban J connectivity index is 7.78. The molecular weight excluding hydrogens is 885 g/mol. The molecule has 0 aromatic rings. The molecule has 0 saturated heterocycles. The summed E-state index contributed by atoms with van der Waals surface area (Å²) in [7, 11) is 0. The molecule has 1 unspecified atom stereocenters. The molecule has 0 spiro atoms. The Kier molecular flexibility index (Phi) is 11.2. The lowest BCUT2D eigenvalue weighted by Crippen LogP contribution is -2.80. The fourth-order valence-corrected chi connectivity index (χ4v) is 2.94. The van der Waals surface area contributed by atoms with Gasteiger partial charge in [-0.1, -0.05) is 0 Å². The van der Waals surface area contributed by atoms with Gasteiger partial charge >= 0.3 is 101 Å². The highest BCUT2D eigenvalue weighted by Crippen LogP contribution is 2.69. The van der Waals surface area contributed by atoms with Crippen LogP contribution in [0.15, 0.2) is 0 Å². The third-order valence-electron chi connectivity index (χ3n) is 6.28. The van der Waals surface area contributed by atoms with Crippen molar-refractivity contribution in [3.63, 3.8) is 0 Å². The summed E-state index contributed by atoms with van der Waals surface area (Å²) in [5.41, 5.74) is 0. The first-order chi connectivity index (χ1) is 22.0. The van der Waals surface area contributed by atoms with Crippen molar-refractivity contribution < 1.29 is 159 Å². The Hall–Kier alpha value is -2.49. The highest BCUT2D eigenvalue weighted by Gasteiger charge is 3.02. The van der Waals surface area contributed by atoms with E-state index in [-0.39, 0.29) is 0 Å². The van der Waals surface area contributed by atoms with E-state index in [2.05, 4.69) is 0 Å². The molecule has 1 N–H and O–H groups in total. The van der Waals surface area contributed by atoms with E-state index in [1.54, 1.807) is 0 Å². The predicted octanol–water partition coefficient (Wildman–Crippen LogP) is 10.7. The van der Waals surface area contributed by atoms with Crippen molar-refractivity contribution in [1.29, 1.82) is 0 Å². The van der Waals surface area contributed by atoms with Crippen LogP contribution in [0.1, 0.15) is 0 Å². The van der Waals surface area contributed by atoms with E-state index >= 15 is 0 Å². The van der Waals surface area contributed by atoms with Crippen molar-refractivity contribution in [2.24, 2.45) is 0 Å². The first-order valence-electron chi connectivity index (χ1n) is 10.8. The number of aliphatic hydroxyl groups is 1. The zero-order chi connectivity index (χ0) is 44.5. The van der Waals surface area contributed by atoms with Crippen LogP contribution >= 0.6 is 0 Å². The summed E-state index contributed by atoms with van der Waals surface area (Å²) in [6.07, 6.45) is -16.8. The Morgan fingerprint density at radius 2 is 0.245 bits per heavy atom. The van der Waals surface area contributed by atoms with Crippen molar-refractivity contribution in [2.45, 2.75) is 101 Å². The highest BCUT2D eigenvalue weighted by molar-refractivity contribution is 5.22. The lowest BCUT2D eigenvalue weighted by molar-refractivity contribution is -0.500. The van der Waals surface area contributed by atoms with Gasteiger partial charge in [-0.2, -0.15) is 154 Å². The molecule has 0 aliphatic heterocycles. The molecule has 36 heteroatoms. The lowest BCUT2D eigenvalue weighted by Gasteiger charge is -2.47. The summed E-state index contributed by atoms with van der Waals surface area (Å²) in [5, 5.41) is 8.13. The zero-order valence-electron chi connectivity index (χ0n) is 22.2. The van der Waals surface area contributed by atoms with E-state index in [9.17, 15) is 154 Å². The molecule has 1 nitrogen and oxygen atoms in total. The standard InChI is InChI=1S/C17HF35O/c18-1(19,3(22,23)5(26,27)7(30,31)9(34,35)13(42,43)16(47,48)49)2(20,21)4(24,25)6(28,29)8(32,33)11(38,39)15(46,53)12(40,41)10(36,37)14(44,45)17(50,51)52/h53H. The van der Waals surface area contributed by atoms with Crippen LogP contribution in [0.5, 0.6) is 0 Å². The molecule has 320 valence electrons. The zero-order valence-corrected chi connectivity index (χ0v) is 22.2. The van der Waals surface area contributed by atoms with Gasteiger partial charge in [0.25, 0.3) is 0 Å². The number of halogens is 35. The van der Waals surface area contributed by atoms with E-state index in [4.69, 9.17) is 5.11 Å². The van der Waals surface area contributed by atoms with Crippen LogP contribution in [0, 0.1) is 0 Å². The minimum absolute atomic E-state index is 8.13. The molecule has 0 aliphatic carbocycles. The first kappa shape index (κ1) is 50.5. The van der Waals surface area contributed by atoms with E-state index < -0.39 is 101 Å². The van der Waals surface area contributed by atoms with Gasteiger partial charge in [-0.25, -0.2) is 0 Å². The van der Waals surface area contributed by atoms with Gasteiger partial charge in [0.15, 0.2) is 0 Å². The summed E-state index contributed by atoms with van der Waals surface area (Å²) in [5.74, 6) is -147. The lowest BCUT2D eigenvalue weighted by atomic mass is 9.82. The minimum Gasteiger partial charge on any atom is -0.352 e. The molecular formula is C17HF35O. The second-order valence-electron chi connectivity index (χ2n) is 9.66. The smallest absolute Gasteiger partial charge is 0.352 e. The Morgan fingerprint density at radius 1 is 0.151 bits per heavy atom. The molecule has 0 heterocycles. The summed E-state index contributed by atoms with van der Waals surface area (Å²) >= 11 is 0. The van der Waals surface area contributed by atoms with E-state index in [0.717, 1.165) is 0 Å². The Bertz CT molecular complexity index is 1240. The normalized spacial score (nSPS) is 18.3. The second-order valence-corrected chi connectivity index (χ2v) is 9.66. The van der Waals surface area contributed by atoms with Gasteiger partial charge in [0.05, 0.1) is 0 Å². The first-order valence-corrected chi connectivity index (χ1v) is 10.8.